The second-order valence-corrected chi connectivity index (χ2v) is 12.2. The molecule has 2 aliphatic carbocycles. The molecule has 0 spiro atoms. The lowest BCUT2D eigenvalue weighted by Crippen LogP contribution is -2.15. The van der Waals surface area contributed by atoms with Gasteiger partial charge in [0.05, 0.1) is 0 Å². The molecule has 182 valence electrons. The molecular weight excluding hydrogens is 456 g/mol. The Morgan fingerprint density at radius 1 is 0.395 bits per heavy atom. The van der Waals surface area contributed by atoms with Crippen molar-refractivity contribution < 1.29 is 0 Å². The third-order valence-corrected chi connectivity index (χ3v) is 9.44. The largest absolute Gasteiger partial charge is 0.0619 e. The Bertz CT molecular complexity index is 1970. The monoisotopic (exact) mass is 486 g/mol. The number of hydrogen-bond donors (Lipinski definition) is 0. The van der Waals surface area contributed by atoms with Gasteiger partial charge in [0, 0.05) is 10.8 Å². The third-order valence-electron chi connectivity index (χ3n) is 9.44. The van der Waals surface area contributed by atoms with Gasteiger partial charge in [-0.05, 0) is 101 Å². The molecule has 0 atom stereocenters. The summed E-state index contributed by atoms with van der Waals surface area (Å²) in [5.74, 6) is 0. The van der Waals surface area contributed by atoms with Gasteiger partial charge in [0.2, 0.25) is 0 Å². The highest BCUT2D eigenvalue weighted by Gasteiger charge is 2.37. The number of fused-ring (bicyclic) bond motifs is 8. The molecule has 0 nitrogen and oxygen atoms in total. The van der Waals surface area contributed by atoms with Crippen LogP contribution < -0.4 is 0 Å². The number of benzene rings is 6. The van der Waals surface area contributed by atoms with Crippen molar-refractivity contribution in [1.29, 1.82) is 0 Å². The summed E-state index contributed by atoms with van der Waals surface area (Å²) in [6, 6.07) is 41.3. The second kappa shape index (κ2) is 7.23. The lowest BCUT2D eigenvalue weighted by atomic mass is 9.79. The fourth-order valence-electron chi connectivity index (χ4n) is 7.43. The maximum atomic E-state index is 2.50. The van der Waals surface area contributed by atoms with Crippen LogP contribution in [0.3, 0.4) is 0 Å². The predicted molar refractivity (Wildman–Crippen MR) is 162 cm³/mol. The van der Waals surface area contributed by atoms with E-state index in [2.05, 4.69) is 137 Å². The van der Waals surface area contributed by atoms with E-state index < -0.39 is 0 Å². The van der Waals surface area contributed by atoms with Gasteiger partial charge in [0.15, 0.2) is 0 Å². The number of hydrogen-bond acceptors (Lipinski definition) is 0. The highest BCUT2D eigenvalue weighted by molar-refractivity contribution is 6.14. The van der Waals surface area contributed by atoms with E-state index >= 15 is 0 Å². The van der Waals surface area contributed by atoms with E-state index in [4.69, 9.17) is 0 Å². The van der Waals surface area contributed by atoms with Gasteiger partial charge >= 0.3 is 0 Å². The first-order valence-electron chi connectivity index (χ1n) is 13.7. The zero-order valence-electron chi connectivity index (χ0n) is 22.4. The van der Waals surface area contributed by atoms with Crippen LogP contribution in [0.1, 0.15) is 49.9 Å². The van der Waals surface area contributed by atoms with Gasteiger partial charge in [-0.1, -0.05) is 113 Å². The maximum absolute atomic E-state index is 2.50. The standard InChI is InChI=1S/C38H30/c1-37(2)32-15-9-7-13-27(32)29-18-17-24(21-34(29)37)36-26-12-6-5-11-23(26)19-25-20-31-28-14-8-10-16-33(28)38(3,4)35(31)22-30(25)36/h5-22H,1-4H3. The minimum atomic E-state index is -0.0232. The first-order valence-corrected chi connectivity index (χ1v) is 13.7. The Labute approximate surface area is 224 Å². The molecule has 0 saturated carbocycles. The van der Waals surface area contributed by atoms with Crippen LogP contribution in [0.25, 0.3) is 54.9 Å². The second-order valence-electron chi connectivity index (χ2n) is 12.2. The third kappa shape index (κ3) is 2.70. The van der Waals surface area contributed by atoms with Crippen molar-refractivity contribution in [3.63, 3.8) is 0 Å². The molecule has 0 N–H and O–H groups in total. The molecule has 0 heteroatoms. The average Bonchev–Trinajstić information content (AvgIpc) is 3.30. The van der Waals surface area contributed by atoms with Gasteiger partial charge in [-0.15, -0.1) is 0 Å². The molecule has 0 aliphatic heterocycles. The van der Waals surface area contributed by atoms with Gasteiger partial charge in [0.1, 0.15) is 0 Å². The Morgan fingerprint density at radius 2 is 0.974 bits per heavy atom. The molecule has 2 aliphatic rings. The molecule has 6 aromatic carbocycles. The summed E-state index contributed by atoms with van der Waals surface area (Å²) < 4.78 is 0. The van der Waals surface area contributed by atoms with Gasteiger partial charge in [-0.3, -0.25) is 0 Å². The zero-order chi connectivity index (χ0) is 25.8. The van der Waals surface area contributed by atoms with Crippen molar-refractivity contribution in [2.24, 2.45) is 0 Å². The summed E-state index contributed by atoms with van der Waals surface area (Å²) >= 11 is 0. The molecule has 0 bridgehead atoms. The van der Waals surface area contributed by atoms with Crippen LogP contribution in [0.4, 0.5) is 0 Å². The SMILES string of the molecule is CC1(C)c2ccccc2-c2ccc(-c3c4ccccc4cc4cc5c(cc34)C(C)(C)c3ccccc3-5)cc21. The first-order chi connectivity index (χ1) is 18.4. The summed E-state index contributed by atoms with van der Waals surface area (Å²) in [5.41, 5.74) is 13.8. The van der Waals surface area contributed by atoms with E-state index in [-0.39, 0.29) is 10.8 Å². The molecule has 8 rings (SSSR count). The van der Waals surface area contributed by atoms with E-state index in [1.54, 1.807) is 0 Å². The molecule has 38 heavy (non-hydrogen) atoms. The Balaban J connectivity index is 1.45. The highest BCUT2D eigenvalue weighted by Crippen LogP contribution is 2.53. The molecule has 0 fully saturated rings. The number of rotatable bonds is 1. The summed E-state index contributed by atoms with van der Waals surface area (Å²) in [6.45, 7) is 9.49. The molecule has 0 radical (unpaired) electrons. The van der Waals surface area contributed by atoms with Crippen LogP contribution in [0.15, 0.2) is 109 Å². The fourth-order valence-corrected chi connectivity index (χ4v) is 7.43. The quantitative estimate of drug-likeness (QED) is 0.203. The predicted octanol–water partition coefficient (Wildman–Crippen LogP) is 10.3. The summed E-state index contributed by atoms with van der Waals surface area (Å²) in [6.07, 6.45) is 0. The summed E-state index contributed by atoms with van der Waals surface area (Å²) in [5, 5.41) is 5.27. The Kier molecular flexibility index (Phi) is 4.17. The first kappa shape index (κ1) is 21.9. The smallest absolute Gasteiger partial charge is 0.0159 e. The van der Waals surface area contributed by atoms with Gasteiger partial charge in [-0.25, -0.2) is 0 Å². The highest BCUT2D eigenvalue weighted by atomic mass is 14.4. The lowest BCUT2D eigenvalue weighted by molar-refractivity contribution is 0.660. The van der Waals surface area contributed by atoms with Crippen LogP contribution in [0.5, 0.6) is 0 Å². The van der Waals surface area contributed by atoms with Crippen LogP contribution in [-0.2, 0) is 10.8 Å². The van der Waals surface area contributed by atoms with Crippen LogP contribution >= 0.6 is 0 Å². The van der Waals surface area contributed by atoms with Crippen molar-refractivity contribution >= 4 is 21.5 Å². The lowest BCUT2D eigenvalue weighted by Gasteiger charge is -2.23. The molecular formula is C38H30. The van der Waals surface area contributed by atoms with E-state index in [1.807, 2.05) is 0 Å². The van der Waals surface area contributed by atoms with Crippen LogP contribution in [0, 0.1) is 0 Å². The molecule has 0 unspecified atom stereocenters. The van der Waals surface area contributed by atoms with Crippen molar-refractivity contribution in [2.75, 3.05) is 0 Å². The van der Waals surface area contributed by atoms with E-state index in [0.29, 0.717) is 0 Å². The Hall–Kier alpha value is -4.16. The van der Waals surface area contributed by atoms with Gasteiger partial charge < -0.3 is 0 Å². The molecule has 0 saturated heterocycles. The fraction of sp³-hybridized carbons (Fsp3) is 0.158. The maximum Gasteiger partial charge on any atom is 0.0159 e. The molecule has 0 heterocycles. The summed E-state index contributed by atoms with van der Waals surface area (Å²) in [4.78, 5) is 0. The van der Waals surface area contributed by atoms with Crippen molar-refractivity contribution in [3.05, 3.63) is 131 Å². The minimum absolute atomic E-state index is 0.0206. The van der Waals surface area contributed by atoms with E-state index in [9.17, 15) is 0 Å². The Morgan fingerprint density at radius 3 is 1.71 bits per heavy atom. The van der Waals surface area contributed by atoms with E-state index in [1.165, 1.54) is 77.2 Å². The molecule has 0 amide bonds. The van der Waals surface area contributed by atoms with Gasteiger partial charge in [-0.2, -0.15) is 0 Å². The van der Waals surface area contributed by atoms with Crippen LogP contribution in [-0.4, -0.2) is 0 Å². The van der Waals surface area contributed by atoms with Crippen molar-refractivity contribution in [1.82, 2.24) is 0 Å². The van der Waals surface area contributed by atoms with Crippen LogP contribution in [0.2, 0.25) is 0 Å². The average molecular weight is 487 g/mol. The topological polar surface area (TPSA) is 0 Å². The normalized spacial score (nSPS) is 15.8. The van der Waals surface area contributed by atoms with Crippen molar-refractivity contribution in [3.8, 4) is 33.4 Å². The molecule has 6 aromatic rings. The van der Waals surface area contributed by atoms with Gasteiger partial charge in [0.25, 0.3) is 0 Å². The van der Waals surface area contributed by atoms with Crippen molar-refractivity contribution in [2.45, 2.75) is 38.5 Å². The summed E-state index contributed by atoms with van der Waals surface area (Å²) in [7, 11) is 0. The minimum Gasteiger partial charge on any atom is -0.0619 e. The molecule has 0 aromatic heterocycles. The zero-order valence-corrected chi connectivity index (χ0v) is 22.4. The van der Waals surface area contributed by atoms with E-state index in [0.717, 1.165) is 0 Å².